The molecule has 3 nitrogen and oxygen atoms in total. The quantitative estimate of drug-likeness (QED) is 0.360. The first-order chi connectivity index (χ1) is 16.8. The number of carbonyl (C=O) groups is 1. The van der Waals surface area contributed by atoms with E-state index in [1.54, 1.807) is 12.1 Å². The minimum atomic E-state index is -4.34. The van der Waals surface area contributed by atoms with Gasteiger partial charge in [0.25, 0.3) is 0 Å². The Balaban J connectivity index is 1.53. The molecule has 0 heterocycles. The minimum absolute atomic E-state index is 0.0857. The highest BCUT2D eigenvalue weighted by Gasteiger charge is 2.37. The van der Waals surface area contributed by atoms with Crippen molar-refractivity contribution in [1.82, 2.24) is 4.90 Å². The fourth-order valence-electron chi connectivity index (χ4n) is 7.13. The lowest BCUT2D eigenvalue weighted by molar-refractivity contribution is -0.139. The van der Waals surface area contributed by atoms with E-state index in [0.717, 1.165) is 49.8 Å². The van der Waals surface area contributed by atoms with Gasteiger partial charge >= 0.3 is 12.1 Å². The van der Waals surface area contributed by atoms with Crippen LogP contribution in [-0.2, 0) is 11.0 Å². The molecule has 0 spiro atoms. The largest absolute Gasteiger partial charge is 0.481 e. The second kappa shape index (κ2) is 12.1. The number of aliphatic carboxylic acids is 1. The van der Waals surface area contributed by atoms with Gasteiger partial charge in [-0.2, -0.15) is 13.2 Å². The first kappa shape index (κ1) is 26.5. The summed E-state index contributed by atoms with van der Waals surface area (Å²) in [5.74, 6) is 0.998. The zero-order chi connectivity index (χ0) is 24.8. The van der Waals surface area contributed by atoms with E-state index in [2.05, 4.69) is 4.90 Å². The van der Waals surface area contributed by atoms with E-state index in [-0.39, 0.29) is 24.3 Å². The van der Waals surface area contributed by atoms with Gasteiger partial charge in [-0.05, 0) is 86.6 Å². The molecule has 1 N–H and O–H groups in total. The van der Waals surface area contributed by atoms with E-state index >= 15 is 0 Å². The summed E-state index contributed by atoms with van der Waals surface area (Å²) < 4.78 is 39.6. The fourth-order valence-corrected chi connectivity index (χ4v) is 7.13. The molecule has 0 amide bonds. The first-order valence-electron chi connectivity index (χ1n) is 13.9. The van der Waals surface area contributed by atoms with Gasteiger partial charge in [0.15, 0.2) is 0 Å². The van der Waals surface area contributed by atoms with Crippen molar-refractivity contribution in [3.05, 3.63) is 35.4 Å². The number of nitrogens with zero attached hydrogens (tertiary/aromatic N) is 1. The van der Waals surface area contributed by atoms with Gasteiger partial charge in [-0.15, -0.1) is 0 Å². The molecule has 1 aromatic rings. The second-order valence-corrected chi connectivity index (χ2v) is 11.5. The predicted octanol–water partition coefficient (Wildman–Crippen LogP) is 7.90. The van der Waals surface area contributed by atoms with Crippen molar-refractivity contribution in [2.75, 3.05) is 13.1 Å². The molecule has 6 heteroatoms. The van der Waals surface area contributed by atoms with Crippen LogP contribution in [0.3, 0.4) is 0 Å². The number of rotatable bonds is 10. The van der Waals surface area contributed by atoms with E-state index in [0.29, 0.717) is 0 Å². The summed E-state index contributed by atoms with van der Waals surface area (Å²) >= 11 is 0. The highest BCUT2D eigenvalue weighted by Crippen LogP contribution is 2.42. The van der Waals surface area contributed by atoms with E-state index in [4.69, 9.17) is 0 Å². The lowest BCUT2D eigenvalue weighted by Crippen LogP contribution is -2.45. The SMILES string of the molecule is O=C(O)C[C@@H]1CC[C@@H](N(CCC2CCCC2)CCC2CCCC2)[C@H](c2ccc(C(F)(F)F)cc2)C1. The molecule has 0 bridgehead atoms. The van der Waals surface area contributed by atoms with Crippen molar-refractivity contribution in [2.24, 2.45) is 17.8 Å². The Kier molecular flexibility index (Phi) is 9.18. The Morgan fingerprint density at radius 1 is 0.829 bits per heavy atom. The van der Waals surface area contributed by atoms with Crippen molar-refractivity contribution in [3.63, 3.8) is 0 Å². The summed E-state index contributed by atoms with van der Waals surface area (Å²) in [6.45, 7) is 2.12. The predicted molar refractivity (Wildman–Crippen MR) is 132 cm³/mol. The molecule has 3 aliphatic carbocycles. The minimum Gasteiger partial charge on any atom is -0.481 e. The summed E-state index contributed by atoms with van der Waals surface area (Å²) in [4.78, 5) is 14.1. The van der Waals surface area contributed by atoms with Gasteiger partial charge in [-0.25, -0.2) is 0 Å². The van der Waals surface area contributed by atoms with Crippen molar-refractivity contribution >= 4 is 5.97 Å². The summed E-state index contributed by atoms with van der Waals surface area (Å²) in [6.07, 6.45) is 11.4. The molecule has 35 heavy (non-hydrogen) atoms. The van der Waals surface area contributed by atoms with Crippen LogP contribution in [0.2, 0.25) is 0 Å². The van der Waals surface area contributed by atoms with E-state index < -0.39 is 17.7 Å². The molecule has 0 aromatic heterocycles. The second-order valence-electron chi connectivity index (χ2n) is 11.5. The van der Waals surface area contributed by atoms with Crippen molar-refractivity contribution in [3.8, 4) is 0 Å². The summed E-state index contributed by atoms with van der Waals surface area (Å²) in [5.41, 5.74) is 0.319. The lowest BCUT2D eigenvalue weighted by atomic mass is 9.72. The standard InChI is InChI=1S/C29H42F3NO2/c30-29(31,32)25-12-10-24(11-13-25)26-19-23(20-28(34)35)9-14-27(26)33(17-15-21-5-1-2-6-21)18-16-22-7-3-4-8-22/h10-13,21-23,26-27H,1-9,14-20H2,(H,34,35)/t23-,26+,27-/m1/s1. The van der Waals surface area contributed by atoms with Gasteiger partial charge < -0.3 is 5.11 Å². The molecular formula is C29H42F3NO2. The van der Waals surface area contributed by atoms with E-state index in [9.17, 15) is 23.1 Å². The topological polar surface area (TPSA) is 40.5 Å². The highest BCUT2D eigenvalue weighted by molar-refractivity contribution is 5.67. The Morgan fingerprint density at radius 3 is 1.86 bits per heavy atom. The van der Waals surface area contributed by atoms with Crippen LogP contribution in [0.25, 0.3) is 0 Å². The maximum absolute atomic E-state index is 13.2. The normalized spacial score (nSPS) is 26.6. The van der Waals surface area contributed by atoms with Crippen LogP contribution in [0.15, 0.2) is 24.3 Å². The maximum atomic E-state index is 13.2. The number of alkyl halides is 3. The van der Waals surface area contributed by atoms with Gasteiger partial charge in [0.05, 0.1) is 5.56 Å². The van der Waals surface area contributed by atoms with Crippen molar-refractivity contribution in [2.45, 2.75) is 108 Å². The van der Waals surface area contributed by atoms with Crippen LogP contribution < -0.4 is 0 Å². The third-order valence-corrected chi connectivity index (χ3v) is 9.12. The van der Waals surface area contributed by atoms with Gasteiger partial charge in [-0.1, -0.05) is 63.5 Å². The van der Waals surface area contributed by atoms with Crippen molar-refractivity contribution in [1.29, 1.82) is 0 Å². The molecule has 0 aliphatic heterocycles. The first-order valence-corrected chi connectivity index (χ1v) is 13.9. The van der Waals surface area contributed by atoms with Crippen LogP contribution in [0.5, 0.6) is 0 Å². The number of halogens is 3. The van der Waals surface area contributed by atoms with E-state index in [1.165, 1.54) is 76.3 Å². The summed E-state index contributed by atoms with van der Waals surface area (Å²) in [7, 11) is 0. The number of carboxylic acid groups (broad SMARTS) is 1. The van der Waals surface area contributed by atoms with Crippen LogP contribution in [0.1, 0.15) is 107 Å². The smallest absolute Gasteiger partial charge is 0.416 e. The molecule has 3 saturated carbocycles. The highest BCUT2D eigenvalue weighted by atomic mass is 19.4. The average Bonchev–Trinajstić information content (AvgIpc) is 3.53. The van der Waals surface area contributed by atoms with Gasteiger partial charge in [-0.3, -0.25) is 9.69 Å². The van der Waals surface area contributed by atoms with Gasteiger partial charge in [0.1, 0.15) is 0 Å². The van der Waals surface area contributed by atoms with Crippen LogP contribution in [-0.4, -0.2) is 35.1 Å². The van der Waals surface area contributed by atoms with Crippen molar-refractivity contribution < 1.29 is 23.1 Å². The average molecular weight is 494 g/mol. The Hall–Kier alpha value is -1.56. The maximum Gasteiger partial charge on any atom is 0.416 e. The monoisotopic (exact) mass is 493 g/mol. The Labute approximate surface area is 208 Å². The molecule has 3 aliphatic rings. The zero-order valence-corrected chi connectivity index (χ0v) is 20.9. The summed E-state index contributed by atoms with van der Waals surface area (Å²) in [6, 6.07) is 5.98. The molecule has 0 radical (unpaired) electrons. The molecular weight excluding hydrogens is 451 g/mol. The molecule has 1 aromatic carbocycles. The molecule has 196 valence electrons. The molecule has 3 fully saturated rings. The Bertz CT molecular complexity index is 777. The number of carboxylic acids is 1. The lowest BCUT2D eigenvalue weighted by Gasteiger charge is -2.43. The third kappa shape index (κ3) is 7.47. The van der Waals surface area contributed by atoms with Crippen LogP contribution in [0, 0.1) is 17.8 Å². The van der Waals surface area contributed by atoms with Crippen LogP contribution in [0.4, 0.5) is 13.2 Å². The fraction of sp³-hybridized carbons (Fsp3) is 0.759. The van der Waals surface area contributed by atoms with Crippen LogP contribution >= 0.6 is 0 Å². The number of hydrogen-bond donors (Lipinski definition) is 1. The Morgan fingerprint density at radius 2 is 1.37 bits per heavy atom. The molecule has 0 unspecified atom stereocenters. The zero-order valence-electron chi connectivity index (χ0n) is 20.9. The van der Waals surface area contributed by atoms with E-state index in [1.807, 2.05) is 0 Å². The molecule has 3 atom stereocenters. The number of benzene rings is 1. The van der Waals surface area contributed by atoms with Gasteiger partial charge in [0, 0.05) is 12.5 Å². The third-order valence-electron chi connectivity index (χ3n) is 9.12. The molecule has 4 rings (SSSR count). The molecule has 0 saturated heterocycles. The summed E-state index contributed by atoms with van der Waals surface area (Å²) in [5, 5.41) is 9.40. The van der Waals surface area contributed by atoms with Gasteiger partial charge in [0.2, 0.25) is 0 Å². The number of hydrogen-bond acceptors (Lipinski definition) is 2.